The van der Waals surface area contributed by atoms with Gasteiger partial charge >= 0.3 is 0 Å². The van der Waals surface area contributed by atoms with E-state index < -0.39 is 0 Å². The first-order chi connectivity index (χ1) is 8.72. The molecule has 2 heterocycles. The molecule has 18 heavy (non-hydrogen) atoms. The minimum atomic E-state index is 0.703. The number of aromatic amines is 1. The summed E-state index contributed by atoms with van der Waals surface area (Å²) in [6, 6.07) is 4.22. The number of benzene rings is 1. The SMILES string of the molecule is Cc1cnc(NCc2cc(Br)cc3c2OCC3)[nH]1. The number of aromatic nitrogens is 2. The fraction of sp³-hybridized carbons (Fsp3) is 0.308. The molecular weight excluding hydrogens is 294 g/mol. The molecule has 0 saturated heterocycles. The van der Waals surface area contributed by atoms with Crippen molar-refractivity contribution in [3.05, 3.63) is 39.6 Å². The Kier molecular flexibility index (Phi) is 2.99. The van der Waals surface area contributed by atoms with Crippen LogP contribution in [0.1, 0.15) is 16.8 Å². The highest BCUT2D eigenvalue weighted by molar-refractivity contribution is 9.10. The molecule has 1 aliphatic heterocycles. The summed E-state index contributed by atoms with van der Waals surface area (Å²) in [4.78, 5) is 7.38. The van der Waals surface area contributed by atoms with Crippen LogP contribution in [0.3, 0.4) is 0 Å². The van der Waals surface area contributed by atoms with Gasteiger partial charge in [-0.25, -0.2) is 4.98 Å². The summed E-state index contributed by atoms with van der Waals surface area (Å²) in [6.07, 6.45) is 2.80. The summed E-state index contributed by atoms with van der Waals surface area (Å²) in [5, 5.41) is 3.27. The Morgan fingerprint density at radius 1 is 1.50 bits per heavy atom. The highest BCUT2D eigenvalue weighted by atomic mass is 79.9. The molecule has 0 aliphatic carbocycles. The van der Waals surface area contributed by atoms with E-state index in [1.54, 1.807) is 0 Å². The van der Waals surface area contributed by atoms with Gasteiger partial charge in [-0.1, -0.05) is 15.9 Å². The lowest BCUT2D eigenvalue weighted by molar-refractivity contribution is 0.354. The van der Waals surface area contributed by atoms with Crippen LogP contribution in [0.2, 0.25) is 0 Å². The number of nitrogens with one attached hydrogen (secondary N) is 2. The van der Waals surface area contributed by atoms with Crippen molar-refractivity contribution < 1.29 is 4.74 Å². The maximum Gasteiger partial charge on any atom is 0.200 e. The Morgan fingerprint density at radius 2 is 2.39 bits per heavy atom. The van der Waals surface area contributed by atoms with Gasteiger partial charge in [-0.2, -0.15) is 0 Å². The lowest BCUT2D eigenvalue weighted by Gasteiger charge is -2.09. The van der Waals surface area contributed by atoms with Crippen LogP contribution in [0, 0.1) is 6.92 Å². The van der Waals surface area contributed by atoms with Crippen LogP contribution in [-0.4, -0.2) is 16.6 Å². The van der Waals surface area contributed by atoms with E-state index in [1.165, 1.54) is 5.56 Å². The molecule has 4 nitrogen and oxygen atoms in total. The average molecular weight is 308 g/mol. The van der Waals surface area contributed by atoms with Crippen molar-refractivity contribution in [3.8, 4) is 5.75 Å². The van der Waals surface area contributed by atoms with Crippen molar-refractivity contribution in [1.82, 2.24) is 9.97 Å². The third kappa shape index (κ3) is 2.22. The van der Waals surface area contributed by atoms with E-state index in [0.717, 1.165) is 40.5 Å². The summed E-state index contributed by atoms with van der Waals surface area (Å²) in [5.74, 6) is 1.81. The zero-order valence-electron chi connectivity index (χ0n) is 10.1. The van der Waals surface area contributed by atoms with Crippen molar-refractivity contribution in [3.63, 3.8) is 0 Å². The fourth-order valence-corrected chi connectivity index (χ4v) is 2.71. The largest absolute Gasteiger partial charge is 0.493 e. The Morgan fingerprint density at radius 3 is 3.17 bits per heavy atom. The number of imidazole rings is 1. The number of hydrogen-bond acceptors (Lipinski definition) is 3. The lowest BCUT2D eigenvalue weighted by atomic mass is 10.1. The van der Waals surface area contributed by atoms with Crippen LogP contribution in [0.5, 0.6) is 5.75 Å². The van der Waals surface area contributed by atoms with E-state index in [4.69, 9.17) is 4.74 Å². The third-order valence-corrected chi connectivity index (χ3v) is 3.43. The van der Waals surface area contributed by atoms with Crippen LogP contribution in [0.25, 0.3) is 0 Å². The second-order valence-electron chi connectivity index (χ2n) is 4.42. The van der Waals surface area contributed by atoms with Gasteiger partial charge in [0.15, 0.2) is 0 Å². The predicted octanol–water partition coefficient (Wildman–Crippen LogP) is 3.03. The molecule has 2 aromatic rings. The summed E-state index contributed by atoms with van der Waals surface area (Å²) in [6.45, 7) is 3.46. The maximum absolute atomic E-state index is 5.69. The monoisotopic (exact) mass is 307 g/mol. The van der Waals surface area contributed by atoms with Crippen molar-refractivity contribution in [2.75, 3.05) is 11.9 Å². The number of aryl methyl sites for hydroxylation is 1. The van der Waals surface area contributed by atoms with Gasteiger partial charge in [0, 0.05) is 34.9 Å². The topological polar surface area (TPSA) is 49.9 Å². The van der Waals surface area contributed by atoms with Gasteiger partial charge in [-0.15, -0.1) is 0 Å². The Balaban J connectivity index is 1.80. The number of fused-ring (bicyclic) bond motifs is 1. The normalized spacial score (nSPS) is 13.2. The number of hydrogen-bond donors (Lipinski definition) is 2. The van der Waals surface area contributed by atoms with E-state index in [0.29, 0.717) is 6.54 Å². The van der Waals surface area contributed by atoms with E-state index >= 15 is 0 Å². The van der Waals surface area contributed by atoms with Gasteiger partial charge < -0.3 is 15.0 Å². The van der Waals surface area contributed by atoms with Crippen molar-refractivity contribution in [1.29, 1.82) is 0 Å². The lowest BCUT2D eigenvalue weighted by Crippen LogP contribution is -2.03. The van der Waals surface area contributed by atoms with Gasteiger partial charge in [0.2, 0.25) is 5.95 Å². The molecule has 94 valence electrons. The minimum absolute atomic E-state index is 0.703. The molecule has 0 spiro atoms. The second kappa shape index (κ2) is 4.65. The van der Waals surface area contributed by atoms with Crippen LogP contribution >= 0.6 is 15.9 Å². The smallest absolute Gasteiger partial charge is 0.200 e. The summed E-state index contributed by atoms with van der Waals surface area (Å²) < 4.78 is 6.78. The number of H-pyrrole nitrogens is 1. The molecule has 1 aliphatic rings. The van der Waals surface area contributed by atoms with Gasteiger partial charge in [-0.3, -0.25) is 0 Å². The third-order valence-electron chi connectivity index (χ3n) is 2.97. The van der Waals surface area contributed by atoms with Crippen molar-refractivity contribution >= 4 is 21.9 Å². The molecule has 0 radical (unpaired) electrons. The number of ether oxygens (including phenoxy) is 1. The minimum Gasteiger partial charge on any atom is -0.493 e. The van der Waals surface area contributed by atoms with Gasteiger partial charge in [0.1, 0.15) is 5.75 Å². The molecule has 0 saturated carbocycles. The first kappa shape index (κ1) is 11.6. The van der Waals surface area contributed by atoms with Crippen molar-refractivity contribution in [2.24, 2.45) is 0 Å². The molecule has 0 amide bonds. The number of rotatable bonds is 3. The van der Waals surface area contributed by atoms with E-state index in [9.17, 15) is 0 Å². The molecule has 1 aromatic carbocycles. The maximum atomic E-state index is 5.69. The zero-order chi connectivity index (χ0) is 12.5. The van der Waals surface area contributed by atoms with E-state index in [1.807, 2.05) is 13.1 Å². The first-order valence-corrected chi connectivity index (χ1v) is 6.71. The van der Waals surface area contributed by atoms with Gasteiger partial charge in [-0.05, 0) is 24.6 Å². The number of halogens is 1. The molecule has 1 aromatic heterocycles. The number of anilines is 1. The van der Waals surface area contributed by atoms with Gasteiger partial charge in [0.05, 0.1) is 6.61 Å². The highest BCUT2D eigenvalue weighted by Crippen LogP contribution is 2.33. The summed E-state index contributed by atoms with van der Waals surface area (Å²) >= 11 is 3.54. The number of nitrogens with zero attached hydrogens (tertiary/aromatic N) is 1. The van der Waals surface area contributed by atoms with Crippen LogP contribution < -0.4 is 10.1 Å². The average Bonchev–Trinajstić information content (AvgIpc) is 2.94. The Labute approximate surface area is 114 Å². The van der Waals surface area contributed by atoms with Crippen LogP contribution in [0.4, 0.5) is 5.95 Å². The fourth-order valence-electron chi connectivity index (χ4n) is 2.16. The predicted molar refractivity (Wildman–Crippen MR) is 74.0 cm³/mol. The quantitative estimate of drug-likeness (QED) is 0.916. The summed E-state index contributed by atoms with van der Waals surface area (Å²) in [5.41, 5.74) is 3.48. The molecule has 0 unspecified atom stereocenters. The molecule has 2 N–H and O–H groups in total. The Hall–Kier alpha value is -1.49. The highest BCUT2D eigenvalue weighted by Gasteiger charge is 2.17. The zero-order valence-corrected chi connectivity index (χ0v) is 11.7. The van der Waals surface area contributed by atoms with Crippen molar-refractivity contribution in [2.45, 2.75) is 19.9 Å². The first-order valence-electron chi connectivity index (χ1n) is 5.92. The molecule has 0 atom stereocenters. The molecule has 5 heteroatoms. The van der Waals surface area contributed by atoms with Gasteiger partial charge in [0.25, 0.3) is 0 Å². The molecular formula is C13H14BrN3O. The van der Waals surface area contributed by atoms with Crippen LogP contribution in [0.15, 0.2) is 22.8 Å². The standard InChI is InChI=1S/C13H14BrN3O/c1-8-6-15-13(17-8)16-7-10-5-11(14)4-9-2-3-18-12(9)10/h4-6H,2-3,7H2,1H3,(H2,15,16,17). The van der Waals surface area contributed by atoms with E-state index in [2.05, 4.69) is 43.3 Å². The molecule has 0 bridgehead atoms. The molecule has 0 fully saturated rings. The second-order valence-corrected chi connectivity index (χ2v) is 5.34. The van der Waals surface area contributed by atoms with Crippen LogP contribution in [-0.2, 0) is 13.0 Å². The van der Waals surface area contributed by atoms with E-state index in [-0.39, 0.29) is 0 Å². The summed E-state index contributed by atoms with van der Waals surface area (Å²) in [7, 11) is 0. The molecule has 3 rings (SSSR count). The Bertz CT molecular complexity index is 580.